The molecular weight excluding hydrogens is 234 g/mol. The molecule has 0 unspecified atom stereocenters. The van der Waals surface area contributed by atoms with Gasteiger partial charge in [-0.2, -0.15) is 5.10 Å². The zero-order valence-corrected chi connectivity index (χ0v) is 11.0. The average Bonchev–Trinajstić information content (AvgIpc) is 2.68. The van der Waals surface area contributed by atoms with Crippen LogP contribution >= 0.6 is 0 Å². The Morgan fingerprint density at radius 3 is 2.61 bits per heavy atom. The van der Waals surface area contributed by atoms with Gasteiger partial charge in [0, 0.05) is 13.6 Å². The van der Waals surface area contributed by atoms with Crippen LogP contribution in [0.25, 0.3) is 0 Å². The van der Waals surface area contributed by atoms with Gasteiger partial charge < -0.3 is 10.0 Å². The monoisotopic (exact) mass is 253 g/mol. The fraction of sp³-hybridized carbons (Fsp3) is 0.583. The lowest BCUT2D eigenvalue weighted by molar-refractivity contribution is -0.137. The minimum absolute atomic E-state index is 0.260. The Morgan fingerprint density at radius 2 is 2.11 bits per heavy atom. The fourth-order valence-electron chi connectivity index (χ4n) is 1.92. The van der Waals surface area contributed by atoms with E-state index in [1.54, 1.807) is 11.7 Å². The molecule has 0 saturated carbocycles. The molecule has 0 fully saturated rings. The molecule has 0 radical (unpaired) electrons. The second-order valence-electron chi connectivity index (χ2n) is 4.10. The summed E-state index contributed by atoms with van der Waals surface area (Å²) < 4.78 is 1.65. The molecule has 1 N–H and O–H groups in total. The molecule has 0 aliphatic heterocycles. The highest BCUT2D eigenvalue weighted by Crippen LogP contribution is 2.12. The summed E-state index contributed by atoms with van der Waals surface area (Å²) in [5.41, 5.74) is 1.32. The van der Waals surface area contributed by atoms with Gasteiger partial charge in [-0.25, -0.2) is 0 Å². The number of aromatic nitrogens is 2. The number of nitrogens with zero attached hydrogens (tertiary/aromatic N) is 3. The lowest BCUT2D eigenvalue weighted by Gasteiger charge is -2.19. The first-order chi connectivity index (χ1) is 8.51. The molecule has 0 aliphatic carbocycles. The number of amides is 1. The summed E-state index contributed by atoms with van der Waals surface area (Å²) in [6.45, 7) is 4.01. The Hall–Kier alpha value is -1.85. The Kier molecular flexibility index (Phi) is 4.88. The summed E-state index contributed by atoms with van der Waals surface area (Å²) in [7, 11) is 1.77. The SMILES string of the molecule is CCCN(CC(=O)O)C(=O)c1cnn(C)c1CC. The van der Waals surface area contributed by atoms with Crippen LogP contribution in [0.2, 0.25) is 0 Å². The van der Waals surface area contributed by atoms with Crippen LogP contribution in [0.5, 0.6) is 0 Å². The molecule has 1 aromatic rings. The van der Waals surface area contributed by atoms with Crippen molar-refractivity contribution in [2.75, 3.05) is 13.1 Å². The fourth-order valence-corrected chi connectivity index (χ4v) is 1.92. The van der Waals surface area contributed by atoms with Crippen molar-refractivity contribution in [1.29, 1.82) is 0 Å². The molecule has 6 heteroatoms. The van der Waals surface area contributed by atoms with Crippen LogP contribution in [0, 0.1) is 0 Å². The Labute approximate surface area is 106 Å². The molecule has 1 rings (SSSR count). The van der Waals surface area contributed by atoms with Crippen LogP contribution in [0.3, 0.4) is 0 Å². The zero-order valence-electron chi connectivity index (χ0n) is 11.0. The Balaban J connectivity index is 2.97. The predicted molar refractivity (Wildman–Crippen MR) is 66.4 cm³/mol. The molecule has 1 amide bonds. The third-order valence-corrected chi connectivity index (χ3v) is 2.73. The van der Waals surface area contributed by atoms with E-state index < -0.39 is 5.97 Å². The second kappa shape index (κ2) is 6.18. The van der Waals surface area contributed by atoms with Crippen LogP contribution in [0.15, 0.2) is 6.20 Å². The van der Waals surface area contributed by atoms with E-state index in [1.165, 1.54) is 11.1 Å². The molecule has 1 heterocycles. The van der Waals surface area contributed by atoms with Gasteiger partial charge in [-0.1, -0.05) is 13.8 Å². The summed E-state index contributed by atoms with van der Waals surface area (Å²) in [4.78, 5) is 24.4. The zero-order chi connectivity index (χ0) is 13.7. The molecule has 0 spiro atoms. The maximum Gasteiger partial charge on any atom is 0.323 e. The van der Waals surface area contributed by atoms with E-state index in [1.807, 2.05) is 13.8 Å². The van der Waals surface area contributed by atoms with E-state index in [0.717, 1.165) is 12.1 Å². The first-order valence-electron chi connectivity index (χ1n) is 6.03. The summed E-state index contributed by atoms with van der Waals surface area (Å²) >= 11 is 0. The largest absolute Gasteiger partial charge is 0.480 e. The van der Waals surface area contributed by atoms with Gasteiger partial charge in [0.1, 0.15) is 6.54 Å². The van der Waals surface area contributed by atoms with Crippen molar-refractivity contribution in [3.63, 3.8) is 0 Å². The third kappa shape index (κ3) is 3.09. The summed E-state index contributed by atoms with van der Waals surface area (Å²) in [6, 6.07) is 0. The highest BCUT2D eigenvalue weighted by molar-refractivity contribution is 5.96. The quantitative estimate of drug-likeness (QED) is 0.818. The number of carbonyl (C=O) groups is 2. The van der Waals surface area contributed by atoms with Crippen molar-refractivity contribution in [2.24, 2.45) is 7.05 Å². The number of hydrogen-bond donors (Lipinski definition) is 1. The van der Waals surface area contributed by atoms with Crippen molar-refractivity contribution >= 4 is 11.9 Å². The van der Waals surface area contributed by atoms with Gasteiger partial charge in [0.15, 0.2) is 0 Å². The highest BCUT2D eigenvalue weighted by Gasteiger charge is 2.22. The summed E-state index contributed by atoms with van der Waals surface area (Å²) in [6.07, 6.45) is 2.91. The lowest BCUT2D eigenvalue weighted by Crippen LogP contribution is -2.36. The maximum absolute atomic E-state index is 12.3. The molecule has 6 nitrogen and oxygen atoms in total. The van der Waals surface area contributed by atoms with Crippen LogP contribution in [-0.2, 0) is 18.3 Å². The van der Waals surface area contributed by atoms with E-state index in [0.29, 0.717) is 18.5 Å². The molecule has 100 valence electrons. The molecule has 0 bridgehead atoms. The van der Waals surface area contributed by atoms with Crippen molar-refractivity contribution in [2.45, 2.75) is 26.7 Å². The highest BCUT2D eigenvalue weighted by atomic mass is 16.4. The smallest absolute Gasteiger partial charge is 0.323 e. The molecule has 1 aromatic heterocycles. The van der Waals surface area contributed by atoms with Gasteiger partial charge in [-0.3, -0.25) is 14.3 Å². The average molecular weight is 253 g/mol. The van der Waals surface area contributed by atoms with Crippen LogP contribution < -0.4 is 0 Å². The molecule has 0 saturated heterocycles. The lowest BCUT2D eigenvalue weighted by atomic mass is 10.1. The molecule has 0 aromatic carbocycles. The van der Waals surface area contributed by atoms with Gasteiger partial charge in [0.2, 0.25) is 0 Å². The number of aryl methyl sites for hydroxylation is 1. The summed E-state index contributed by atoms with van der Waals surface area (Å²) in [5, 5.41) is 12.9. The van der Waals surface area contributed by atoms with Gasteiger partial charge in [-0.05, 0) is 12.8 Å². The van der Waals surface area contributed by atoms with Crippen molar-refractivity contribution in [3.8, 4) is 0 Å². The topological polar surface area (TPSA) is 75.4 Å². The second-order valence-corrected chi connectivity index (χ2v) is 4.10. The van der Waals surface area contributed by atoms with Gasteiger partial charge in [0.05, 0.1) is 17.5 Å². The first-order valence-corrected chi connectivity index (χ1v) is 6.03. The Bertz CT molecular complexity index is 440. The molecule has 0 aliphatic rings. The standard InChI is InChI=1S/C12H19N3O3/c1-4-6-15(8-11(16)17)12(18)9-7-13-14(3)10(9)5-2/h7H,4-6,8H2,1-3H3,(H,16,17). The maximum atomic E-state index is 12.3. The number of carboxylic acids is 1. The van der Waals surface area contributed by atoms with Gasteiger partial charge >= 0.3 is 5.97 Å². The van der Waals surface area contributed by atoms with E-state index in [2.05, 4.69) is 5.10 Å². The normalized spacial score (nSPS) is 10.4. The van der Waals surface area contributed by atoms with E-state index in [9.17, 15) is 9.59 Å². The Morgan fingerprint density at radius 1 is 1.44 bits per heavy atom. The molecule has 0 atom stereocenters. The number of rotatable bonds is 6. The molecular formula is C12H19N3O3. The van der Waals surface area contributed by atoms with E-state index >= 15 is 0 Å². The van der Waals surface area contributed by atoms with Crippen molar-refractivity contribution in [1.82, 2.24) is 14.7 Å². The van der Waals surface area contributed by atoms with E-state index in [4.69, 9.17) is 5.11 Å². The number of carbonyl (C=O) groups excluding carboxylic acids is 1. The van der Waals surface area contributed by atoms with Gasteiger partial charge in [-0.15, -0.1) is 0 Å². The number of hydrogen-bond acceptors (Lipinski definition) is 3. The first kappa shape index (κ1) is 14.2. The summed E-state index contributed by atoms with van der Waals surface area (Å²) in [5.74, 6) is -1.26. The van der Waals surface area contributed by atoms with Crippen molar-refractivity contribution < 1.29 is 14.7 Å². The molecule has 18 heavy (non-hydrogen) atoms. The van der Waals surface area contributed by atoms with Crippen LogP contribution in [0.1, 0.15) is 36.3 Å². The minimum atomic E-state index is -1.00. The predicted octanol–water partition coefficient (Wildman–Crippen LogP) is 0.919. The van der Waals surface area contributed by atoms with E-state index in [-0.39, 0.29) is 12.5 Å². The van der Waals surface area contributed by atoms with Crippen LogP contribution in [0.4, 0.5) is 0 Å². The minimum Gasteiger partial charge on any atom is -0.480 e. The van der Waals surface area contributed by atoms with Gasteiger partial charge in [0.25, 0.3) is 5.91 Å². The number of carboxylic acid groups (broad SMARTS) is 1. The van der Waals surface area contributed by atoms with Crippen molar-refractivity contribution in [3.05, 3.63) is 17.5 Å². The van der Waals surface area contributed by atoms with Crippen LogP contribution in [-0.4, -0.2) is 44.8 Å². The number of aliphatic carboxylic acids is 1. The third-order valence-electron chi connectivity index (χ3n) is 2.73.